The molecule has 0 radical (unpaired) electrons. The summed E-state index contributed by atoms with van der Waals surface area (Å²) in [7, 11) is 0. The lowest BCUT2D eigenvalue weighted by Gasteiger charge is -2.33. The molecule has 0 spiro atoms. The number of rotatable bonds is 1. The number of benzene rings is 2. The van der Waals surface area contributed by atoms with Gasteiger partial charge in [-0.15, -0.1) is 0 Å². The molecule has 5 rings (SSSR count). The van der Waals surface area contributed by atoms with Crippen molar-refractivity contribution in [2.75, 3.05) is 11.4 Å². The van der Waals surface area contributed by atoms with E-state index in [-0.39, 0.29) is 11.1 Å². The quantitative estimate of drug-likeness (QED) is 0.727. The average molecular weight is 353 g/mol. The molecule has 3 aromatic rings. The first-order valence-corrected chi connectivity index (χ1v) is 9.35. The van der Waals surface area contributed by atoms with Gasteiger partial charge in [0.05, 0.1) is 0 Å². The maximum atomic E-state index is 12.7. The minimum absolute atomic E-state index is 0.235. The van der Waals surface area contributed by atoms with Crippen molar-refractivity contribution in [1.82, 2.24) is 4.98 Å². The van der Waals surface area contributed by atoms with Gasteiger partial charge in [-0.25, -0.2) is 0 Å². The molecule has 1 N–H and O–H groups in total. The number of aryl methyl sites for hydroxylation is 1. The molecule has 27 heavy (non-hydrogen) atoms. The van der Waals surface area contributed by atoms with Crippen LogP contribution in [-0.2, 0) is 25.8 Å². The van der Waals surface area contributed by atoms with E-state index in [1.165, 1.54) is 16.7 Å². The van der Waals surface area contributed by atoms with Crippen molar-refractivity contribution >= 4 is 5.82 Å². The Labute approximate surface area is 157 Å². The highest BCUT2D eigenvalue weighted by atomic mass is 16.1. The number of H-pyrrole nitrogens is 1. The molecule has 2 heterocycles. The Morgan fingerprint density at radius 1 is 0.926 bits per heavy atom. The van der Waals surface area contributed by atoms with Crippen LogP contribution >= 0.6 is 0 Å². The van der Waals surface area contributed by atoms with Crippen molar-refractivity contribution in [1.29, 1.82) is 5.26 Å². The normalized spacial score (nSPS) is 14.7. The van der Waals surface area contributed by atoms with Gasteiger partial charge in [-0.1, -0.05) is 48.5 Å². The fourth-order valence-corrected chi connectivity index (χ4v) is 4.47. The zero-order valence-corrected chi connectivity index (χ0v) is 15.0. The van der Waals surface area contributed by atoms with Crippen molar-refractivity contribution in [2.45, 2.75) is 25.8 Å². The molecule has 0 saturated heterocycles. The van der Waals surface area contributed by atoms with E-state index in [0.717, 1.165) is 54.9 Å². The molecule has 0 atom stereocenters. The zero-order chi connectivity index (χ0) is 18.4. The van der Waals surface area contributed by atoms with E-state index in [1.807, 2.05) is 18.2 Å². The Morgan fingerprint density at radius 2 is 1.67 bits per heavy atom. The minimum Gasteiger partial charge on any atom is -0.353 e. The number of pyridine rings is 1. The van der Waals surface area contributed by atoms with E-state index < -0.39 is 0 Å². The van der Waals surface area contributed by atoms with E-state index in [0.29, 0.717) is 0 Å². The number of fused-ring (bicyclic) bond motifs is 4. The van der Waals surface area contributed by atoms with Crippen LogP contribution in [0.1, 0.15) is 27.8 Å². The second-order valence-corrected chi connectivity index (χ2v) is 7.24. The summed E-state index contributed by atoms with van der Waals surface area (Å²) in [4.78, 5) is 18.0. The summed E-state index contributed by atoms with van der Waals surface area (Å²) in [5.74, 6) is 0.887. The third-order valence-corrected chi connectivity index (χ3v) is 5.79. The number of hydrogen-bond acceptors (Lipinski definition) is 3. The molecule has 4 nitrogen and oxygen atoms in total. The van der Waals surface area contributed by atoms with Gasteiger partial charge in [0.2, 0.25) is 0 Å². The first-order valence-electron chi connectivity index (χ1n) is 9.35. The van der Waals surface area contributed by atoms with Gasteiger partial charge in [-0.3, -0.25) is 4.79 Å². The summed E-state index contributed by atoms with van der Waals surface area (Å²) in [6.07, 6.45) is 2.73. The summed E-state index contributed by atoms with van der Waals surface area (Å²) < 4.78 is 0. The van der Waals surface area contributed by atoms with Crippen LogP contribution in [0.5, 0.6) is 0 Å². The van der Waals surface area contributed by atoms with E-state index in [4.69, 9.17) is 0 Å². The predicted molar refractivity (Wildman–Crippen MR) is 106 cm³/mol. The van der Waals surface area contributed by atoms with Crippen LogP contribution in [0.15, 0.2) is 53.3 Å². The number of aromatic amines is 1. The lowest BCUT2D eigenvalue weighted by molar-refractivity contribution is 0.711. The van der Waals surface area contributed by atoms with Crippen LogP contribution in [-0.4, -0.2) is 11.5 Å². The average Bonchev–Trinajstić information content (AvgIpc) is 2.72. The molecule has 0 unspecified atom stereocenters. The Morgan fingerprint density at radius 3 is 2.48 bits per heavy atom. The zero-order valence-electron chi connectivity index (χ0n) is 15.0. The smallest absolute Gasteiger partial charge is 0.268 e. The van der Waals surface area contributed by atoms with Gasteiger partial charge in [0, 0.05) is 24.2 Å². The van der Waals surface area contributed by atoms with Gasteiger partial charge in [0.1, 0.15) is 17.5 Å². The van der Waals surface area contributed by atoms with Crippen molar-refractivity contribution in [3.8, 4) is 17.2 Å². The first-order chi connectivity index (χ1) is 13.3. The van der Waals surface area contributed by atoms with Crippen molar-refractivity contribution in [3.05, 3.63) is 86.7 Å². The van der Waals surface area contributed by atoms with Crippen LogP contribution in [0.4, 0.5) is 5.82 Å². The van der Waals surface area contributed by atoms with Crippen LogP contribution in [0.2, 0.25) is 0 Å². The molecule has 1 aliphatic carbocycles. The van der Waals surface area contributed by atoms with E-state index in [9.17, 15) is 10.1 Å². The maximum absolute atomic E-state index is 12.7. The molecule has 0 saturated carbocycles. The number of hydrogen-bond donors (Lipinski definition) is 1. The standard InChI is InChI=1S/C23H19N3O/c24-13-20-21-18-8-4-3-6-16(18)9-10-19(21)22(25-23(20)27)26-12-11-15-5-1-2-7-17(15)14-26/h1-8H,9-12,14H2,(H,25,27). The number of anilines is 1. The second-order valence-electron chi connectivity index (χ2n) is 7.24. The third-order valence-electron chi connectivity index (χ3n) is 5.79. The molecule has 1 aromatic heterocycles. The number of nitriles is 1. The Kier molecular flexibility index (Phi) is 3.61. The van der Waals surface area contributed by atoms with Gasteiger partial charge in [0.25, 0.3) is 5.56 Å². The highest BCUT2D eigenvalue weighted by Gasteiger charge is 2.28. The molecule has 0 fully saturated rings. The molecule has 4 heteroatoms. The molecule has 2 aromatic carbocycles. The summed E-state index contributed by atoms with van der Waals surface area (Å²) in [5, 5.41) is 9.65. The molecule has 0 bridgehead atoms. The fraction of sp³-hybridized carbons (Fsp3) is 0.217. The number of aromatic nitrogens is 1. The van der Waals surface area contributed by atoms with Gasteiger partial charge in [-0.2, -0.15) is 5.26 Å². The largest absolute Gasteiger partial charge is 0.353 e. The first kappa shape index (κ1) is 15.9. The Bertz CT molecular complexity index is 1150. The lowest BCUT2D eigenvalue weighted by atomic mass is 9.83. The monoisotopic (exact) mass is 353 g/mol. The van der Waals surface area contributed by atoms with Crippen LogP contribution < -0.4 is 10.5 Å². The summed E-state index contributed by atoms with van der Waals surface area (Å²) in [5.41, 5.74) is 6.80. The van der Waals surface area contributed by atoms with Gasteiger partial charge >= 0.3 is 0 Å². The number of nitrogens with zero attached hydrogens (tertiary/aromatic N) is 2. The minimum atomic E-state index is -0.290. The summed E-state index contributed by atoms with van der Waals surface area (Å²) >= 11 is 0. The second kappa shape index (κ2) is 6.14. The van der Waals surface area contributed by atoms with Gasteiger partial charge in [-0.05, 0) is 41.5 Å². The fourth-order valence-electron chi connectivity index (χ4n) is 4.47. The lowest BCUT2D eigenvalue weighted by Crippen LogP contribution is -2.34. The third kappa shape index (κ3) is 2.47. The topological polar surface area (TPSA) is 59.9 Å². The molecular weight excluding hydrogens is 334 g/mol. The molecule has 0 amide bonds. The van der Waals surface area contributed by atoms with Crippen molar-refractivity contribution in [2.24, 2.45) is 0 Å². The van der Waals surface area contributed by atoms with Crippen LogP contribution in [0.3, 0.4) is 0 Å². The Balaban J connectivity index is 1.70. The highest BCUT2D eigenvalue weighted by molar-refractivity contribution is 5.81. The molecule has 1 aliphatic heterocycles. The molecule has 2 aliphatic rings. The maximum Gasteiger partial charge on any atom is 0.268 e. The summed E-state index contributed by atoms with van der Waals surface area (Å²) in [6, 6.07) is 18.8. The molecule has 132 valence electrons. The van der Waals surface area contributed by atoms with Crippen molar-refractivity contribution < 1.29 is 0 Å². The van der Waals surface area contributed by atoms with Crippen LogP contribution in [0, 0.1) is 11.3 Å². The van der Waals surface area contributed by atoms with E-state index >= 15 is 0 Å². The van der Waals surface area contributed by atoms with Crippen LogP contribution in [0.25, 0.3) is 11.1 Å². The predicted octanol–water partition coefficient (Wildman–Crippen LogP) is 3.57. The molecular formula is C23H19N3O. The number of nitrogens with one attached hydrogen (secondary N) is 1. The van der Waals surface area contributed by atoms with Gasteiger partial charge < -0.3 is 9.88 Å². The summed E-state index contributed by atoms with van der Waals surface area (Å²) in [6.45, 7) is 1.65. The van der Waals surface area contributed by atoms with E-state index in [2.05, 4.69) is 46.3 Å². The van der Waals surface area contributed by atoms with Gasteiger partial charge in [0.15, 0.2) is 0 Å². The highest BCUT2D eigenvalue weighted by Crippen LogP contribution is 2.39. The van der Waals surface area contributed by atoms with Crippen molar-refractivity contribution in [3.63, 3.8) is 0 Å². The Hall–Kier alpha value is -3.32. The SMILES string of the molecule is N#Cc1c2c(c(N3CCc4ccccc4C3)[nH]c1=O)CCc1ccccc1-2. The van der Waals surface area contributed by atoms with E-state index in [1.54, 1.807) is 0 Å².